The molecule has 1 unspecified atom stereocenters. The molecule has 0 aliphatic carbocycles. The van der Waals surface area contributed by atoms with Crippen LogP contribution in [0.25, 0.3) is 0 Å². The van der Waals surface area contributed by atoms with Crippen LogP contribution < -0.4 is 20.1 Å². The molecular formula is C25H30N4O5. The molecule has 2 fully saturated rings. The molecule has 3 aliphatic heterocycles. The van der Waals surface area contributed by atoms with Crippen molar-refractivity contribution in [3.05, 3.63) is 48.0 Å². The number of ether oxygens (including phenoxy) is 3. The van der Waals surface area contributed by atoms with Gasteiger partial charge in [0.1, 0.15) is 0 Å². The van der Waals surface area contributed by atoms with Crippen LogP contribution in [0.3, 0.4) is 0 Å². The zero-order valence-corrected chi connectivity index (χ0v) is 19.1. The van der Waals surface area contributed by atoms with Crippen LogP contribution in [0, 0.1) is 0 Å². The van der Waals surface area contributed by atoms with E-state index < -0.39 is 0 Å². The summed E-state index contributed by atoms with van der Waals surface area (Å²) in [5, 5.41) is 5.78. The number of amides is 2. The van der Waals surface area contributed by atoms with Crippen molar-refractivity contribution in [3.8, 4) is 11.5 Å². The van der Waals surface area contributed by atoms with Gasteiger partial charge in [-0.15, -0.1) is 0 Å². The predicted molar refractivity (Wildman–Crippen MR) is 127 cm³/mol. The molecule has 3 heterocycles. The maximum absolute atomic E-state index is 12.9. The summed E-state index contributed by atoms with van der Waals surface area (Å²) in [6.07, 6.45) is 2.65. The lowest BCUT2D eigenvalue weighted by atomic mass is 10.1. The van der Waals surface area contributed by atoms with Crippen LogP contribution >= 0.6 is 0 Å². The Morgan fingerprint density at radius 3 is 2.56 bits per heavy atom. The number of hydrogen-bond acceptors (Lipinski definition) is 7. The van der Waals surface area contributed by atoms with Crippen molar-refractivity contribution in [1.82, 2.24) is 9.80 Å². The molecule has 9 heteroatoms. The van der Waals surface area contributed by atoms with E-state index in [1.54, 1.807) is 42.5 Å². The van der Waals surface area contributed by atoms with Gasteiger partial charge in [-0.3, -0.25) is 19.4 Å². The smallest absolute Gasteiger partial charge is 0.257 e. The zero-order chi connectivity index (χ0) is 23.3. The predicted octanol–water partition coefficient (Wildman–Crippen LogP) is 2.40. The first-order valence-corrected chi connectivity index (χ1v) is 11.8. The van der Waals surface area contributed by atoms with Gasteiger partial charge in [-0.1, -0.05) is 12.1 Å². The van der Waals surface area contributed by atoms with Crippen LogP contribution in [0.2, 0.25) is 0 Å². The summed E-state index contributed by atoms with van der Waals surface area (Å²) in [4.78, 5) is 30.2. The van der Waals surface area contributed by atoms with E-state index in [1.165, 1.54) is 0 Å². The SMILES string of the molecule is O=C(CN1CCN(CC2CCCO2)CC1)Nc1ccccc1C(=O)Nc1ccc2c(c1)OCO2. The minimum absolute atomic E-state index is 0.129. The van der Waals surface area contributed by atoms with Gasteiger partial charge in [0.25, 0.3) is 5.91 Å². The molecule has 5 rings (SSSR count). The molecule has 0 aromatic heterocycles. The van der Waals surface area contributed by atoms with Crippen LogP contribution in [0.4, 0.5) is 11.4 Å². The Bertz CT molecular complexity index is 1030. The summed E-state index contributed by atoms with van der Waals surface area (Å²) in [5.74, 6) is 0.807. The first kappa shape index (κ1) is 22.6. The first-order chi connectivity index (χ1) is 16.6. The van der Waals surface area contributed by atoms with E-state index in [2.05, 4.69) is 20.4 Å². The van der Waals surface area contributed by atoms with Gasteiger partial charge in [0, 0.05) is 51.1 Å². The van der Waals surface area contributed by atoms with E-state index in [9.17, 15) is 9.59 Å². The molecule has 0 radical (unpaired) electrons. The molecule has 2 aromatic carbocycles. The quantitative estimate of drug-likeness (QED) is 0.647. The van der Waals surface area contributed by atoms with Gasteiger partial charge in [-0.25, -0.2) is 0 Å². The molecule has 0 bridgehead atoms. The largest absolute Gasteiger partial charge is 0.454 e. The molecule has 180 valence electrons. The molecule has 2 saturated heterocycles. The number of piperazine rings is 1. The van der Waals surface area contributed by atoms with Crippen molar-refractivity contribution in [2.75, 3.05) is 63.3 Å². The fourth-order valence-electron chi connectivity index (χ4n) is 4.56. The number of para-hydroxylation sites is 1. The minimum Gasteiger partial charge on any atom is -0.454 e. The molecule has 3 aliphatic rings. The molecular weight excluding hydrogens is 436 g/mol. The third kappa shape index (κ3) is 5.49. The van der Waals surface area contributed by atoms with Gasteiger partial charge in [0.15, 0.2) is 11.5 Å². The standard InChI is InChI=1S/C25H30N4O5/c30-24(16-29-11-9-28(10-12-29)15-19-4-3-13-32-19)27-21-6-2-1-5-20(21)25(31)26-18-7-8-22-23(14-18)34-17-33-22/h1-2,5-8,14,19H,3-4,9-13,15-17H2,(H,26,31)(H,27,30). The number of nitrogens with zero attached hydrogens (tertiary/aromatic N) is 2. The summed E-state index contributed by atoms with van der Waals surface area (Å²) < 4.78 is 16.4. The molecule has 2 N–H and O–H groups in total. The molecule has 2 aromatic rings. The first-order valence-electron chi connectivity index (χ1n) is 11.8. The number of nitrogens with one attached hydrogen (secondary N) is 2. The monoisotopic (exact) mass is 466 g/mol. The molecule has 2 amide bonds. The number of hydrogen-bond donors (Lipinski definition) is 2. The van der Waals surface area contributed by atoms with Crippen molar-refractivity contribution in [1.29, 1.82) is 0 Å². The summed E-state index contributed by atoms with van der Waals surface area (Å²) in [7, 11) is 0. The average Bonchev–Trinajstić information content (AvgIpc) is 3.52. The van der Waals surface area contributed by atoms with Gasteiger partial charge >= 0.3 is 0 Å². The number of fused-ring (bicyclic) bond motifs is 1. The Kier molecular flexibility index (Phi) is 6.94. The zero-order valence-electron chi connectivity index (χ0n) is 19.1. The van der Waals surface area contributed by atoms with Crippen molar-refractivity contribution >= 4 is 23.2 Å². The highest BCUT2D eigenvalue weighted by atomic mass is 16.7. The molecule has 9 nitrogen and oxygen atoms in total. The summed E-state index contributed by atoms with van der Waals surface area (Å²) in [6.45, 7) is 5.87. The third-order valence-electron chi connectivity index (χ3n) is 6.39. The van der Waals surface area contributed by atoms with Crippen LogP contribution in [0.1, 0.15) is 23.2 Å². The topological polar surface area (TPSA) is 92.4 Å². The average molecular weight is 467 g/mol. The molecule has 34 heavy (non-hydrogen) atoms. The number of anilines is 2. The fraction of sp³-hybridized carbons (Fsp3) is 0.440. The van der Waals surface area contributed by atoms with Crippen molar-refractivity contribution < 1.29 is 23.8 Å². The van der Waals surface area contributed by atoms with E-state index in [-0.39, 0.29) is 18.6 Å². The summed E-state index contributed by atoms with van der Waals surface area (Å²) in [5.41, 5.74) is 1.48. The lowest BCUT2D eigenvalue weighted by molar-refractivity contribution is -0.117. The number of carbonyl (C=O) groups is 2. The lowest BCUT2D eigenvalue weighted by Gasteiger charge is -2.35. The Morgan fingerprint density at radius 1 is 0.941 bits per heavy atom. The van der Waals surface area contributed by atoms with Gasteiger partial charge in [-0.2, -0.15) is 0 Å². The Morgan fingerprint density at radius 2 is 1.74 bits per heavy atom. The van der Waals surface area contributed by atoms with Crippen molar-refractivity contribution in [2.24, 2.45) is 0 Å². The van der Waals surface area contributed by atoms with Crippen LogP contribution in [0.15, 0.2) is 42.5 Å². The van der Waals surface area contributed by atoms with Crippen LogP contribution in [0.5, 0.6) is 11.5 Å². The molecule has 0 saturated carbocycles. The highest BCUT2D eigenvalue weighted by molar-refractivity contribution is 6.10. The Labute approximate surface area is 198 Å². The maximum Gasteiger partial charge on any atom is 0.257 e. The lowest BCUT2D eigenvalue weighted by Crippen LogP contribution is -2.50. The summed E-state index contributed by atoms with van der Waals surface area (Å²) >= 11 is 0. The van der Waals surface area contributed by atoms with Crippen molar-refractivity contribution in [3.63, 3.8) is 0 Å². The minimum atomic E-state index is -0.308. The van der Waals surface area contributed by atoms with Crippen LogP contribution in [-0.4, -0.2) is 80.4 Å². The maximum atomic E-state index is 12.9. The van der Waals surface area contributed by atoms with E-state index in [1.807, 2.05) is 0 Å². The molecule has 0 spiro atoms. The number of rotatable bonds is 7. The number of benzene rings is 2. The highest BCUT2D eigenvalue weighted by Gasteiger charge is 2.24. The van der Waals surface area contributed by atoms with Gasteiger partial charge in [-0.05, 0) is 37.1 Å². The number of carbonyl (C=O) groups excluding carboxylic acids is 2. The normalized spacial score (nSPS) is 20.3. The summed E-state index contributed by atoms with van der Waals surface area (Å²) in [6, 6.07) is 12.2. The van der Waals surface area contributed by atoms with Crippen molar-refractivity contribution in [2.45, 2.75) is 18.9 Å². The fourth-order valence-corrected chi connectivity index (χ4v) is 4.56. The van der Waals surface area contributed by atoms with E-state index in [0.29, 0.717) is 41.1 Å². The van der Waals surface area contributed by atoms with E-state index in [4.69, 9.17) is 14.2 Å². The Balaban J connectivity index is 1.14. The van der Waals surface area contributed by atoms with Gasteiger partial charge < -0.3 is 24.8 Å². The highest BCUT2D eigenvalue weighted by Crippen LogP contribution is 2.34. The molecule has 1 atom stereocenters. The van der Waals surface area contributed by atoms with Gasteiger partial charge in [0.05, 0.1) is 23.9 Å². The third-order valence-corrected chi connectivity index (χ3v) is 6.39. The second-order valence-electron chi connectivity index (χ2n) is 8.83. The van der Waals surface area contributed by atoms with Crippen LogP contribution in [-0.2, 0) is 9.53 Å². The second-order valence-corrected chi connectivity index (χ2v) is 8.83. The second kappa shape index (κ2) is 10.4. The van der Waals surface area contributed by atoms with E-state index >= 15 is 0 Å². The van der Waals surface area contributed by atoms with E-state index in [0.717, 1.165) is 52.2 Å². The van der Waals surface area contributed by atoms with Gasteiger partial charge in [0.2, 0.25) is 12.7 Å². The Hall–Kier alpha value is -3.14.